The van der Waals surface area contributed by atoms with Crippen LogP contribution in [0, 0.1) is 6.92 Å². The molecule has 3 N–H and O–H groups in total. The number of benzene rings is 1. The van der Waals surface area contributed by atoms with Gasteiger partial charge in [0.1, 0.15) is 0 Å². The summed E-state index contributed by atoms with van der Waals surface area (Å²) in [6.45, 7) is 2.17. The van der Waals surface area contributed by atoms with E-state index in [4.69, 9.17) is 5.73 Å². The van der Waals surface area contributed by atoms with Gasteiger partial charge in [-0.25, -0.2) is 0 Å². The van der Waals surface area contributed by atoms with Gasteiger partial charge in [-0.15, -0.1) is 0 Å². The maximum Gasteiger partial charge on any atom is 0.417 e. The van der Waals surface area contributed by atoms with Crippen molar-refractivity contribution >= 4 is 10.9 Å². The number of H-pyrrole nitrogens is 1. The lowest BCUT2D eigenvalue weighted by Gasteiger charge is -2.14. The van der Waals surface area contributed by atoms with Crippen molar-refractivity contribution in [1.82, 2.24) is 9.97 Å². The summed E-state index contributed by atoms with van der Waals surface area (Å²) in [7, 11) is 0. The van der Waals surface area contributed by atoms with Gasteiger partial charge in [0.2, 0.25) is 0 Å². The Balaban J connectivity index is 2.32. The highest BCUT2D eigenvalue weighted by molar-refractivity contribution is 5.94. The first-order valence-electron chi connectivity index (χ1n) is 8.98. The number of nitrogens with one attached hydrogen (secondary N) is 1. The molecule has 0 fully saturated rings. The Hall–Kier alpha value is -2.55. The van der Waals surface area contributed by atoms with Crippen molar-refractivity contribution in [3.05, 3.63) is 52.7 Å². The molecule has 0 aliphatic heterocycles. The monoisotopic (exact) mass is 415 g/mol. The average Bonchev–Trinajstić information content (AvgIpc) is 2.99. The number of alkyl halides is 6. The minimum Gasteiger partial charge on any atom is -0.353 e. The number of aromatic nitrogens is 2. The molecule has 0 saturated carbocycles. The highest BCUT2D eigenvalue weighted by Gasteiger charge is 2.39. The summed E-state index contributed by atoms with van der Waals surface area (Å²) in [5.74, 6) is 0. The normalized spacial score (nSPS) is 12.7. The number of hydrogen-bond acceptors (Lipinski definition) is 2. The molecule has 156 valence electrons. The Morgan fingerprint density at radius 3 is 2.28 bits per heavy atom. The van der Waals surface area contributed by atoms with Gasteiger partial charge < -0.3 is 10.7 Å². The Kier molecular flexibility index (Phi) is 5.62. The zero-order valence-electron chi connectivity index (χ0n) is 15.5. The molecule has 1 aromatic carbocycles. The van der Waals surface area contributed by atoms with Gasteiger partial charge in [-0.05, 0) is 62.1 Å². The second-order valence-corrected chi connectivity index (χ2v) is 6.89. The zero-order valence-corrected chi connectivity index (χ0v) is 15.5. The van der Waals surface area contributed by atoms with Gasteiger partial charge in [0, 0.05) is 17.1 Å². The molecule has 0 saturated heterocycles. The van der Waals surface area contributed by atoms with Crippen molar-refractivity contribution in [2.75, 3.05) is 6.54 Å². The van der Waals surface area contributed by atoms with Crippen LogP contribution in [0.15, 0.2) is 30.5 Å². The van der Waals surface area contributed by atoms with Crippen LogP contribution in [-0.2, 0) is 18.8 Å². The smallest absolute Gasteiger partial charge is 0.353 e. The van der Waals surface area contributed by atoms with Gasteiger partial charge in [0.05, 0.1) is 22.5 Å². The number of rotatable bonds is 5. The fourth-order valence-electron chi connectivity index (χ4n) is 3.32. The zero-order chi connectivity index (χ0) is 21.4. The molecule has 0 spiro atoms. The number of aryl methyl sites for hydroxylation is 2. The number of nitrogens with zero attached hydrogens (tertiary/aromatic N) is 1. The maximum atomic E-state index is 13.7. The molecule has 3 nitrogen and oxygen atoms in total. The lowest BCUT2D eigenvalue weighted by atomic mass is 9.97. The van der Waals surface area contributed by atoms with Crippen LogP contribution < -0.4 is 5.73 Å². The first-order valence-corrected chi connectivity index (χ1v) is 8.98. The topological polar surface area (TPSA) is 54.7 Å². The summed E-state index contributed by atoms with van der Waals surface area (Å²) in [4.78, 5) is 6.99. The fourth-order valence-corrected chi connectivity index (χ4v) is 3.32. The summed E-state index contributed by atoms with van der Waals surface area (Å²) >= 11 is 0. The van der Waals surface area contributed by atoms with Gasteiger partial charge in [-0.2, -0.15) is 26.3 Å². The SMILES string of the molecule is Cc1ccc(-c2[nH]c3cc(C(F)(F)F)cc(C(F)(F)F)c3c2CCCCN)nc1. The number of unbranched alkanes of at least 4 members (excludes halogenated alkanes) is 1. The van der Waals surface area contributed by atoms with Crippen LogP contribution >= 0.6 is 0 Å². The Morgan fingerprint density at radius 2 is 1.72 bits per heavy atom. The van der Waals surface area contributed by atoms with Gasteiger partial charge in [0.25, 0.3) is 0 Å². The van der Waals surface area contributed by atoms with Crippen molar-refractivity contribution in [2.45, 2.75) is 38.5 Å². The number of fused-ring (bicyclic) bond motifs is 1. The summed E-state index contributed by atoms with van der Waals surface area (Å²) < 4.78 is 80.7. The third kappa shape index (κ3) is 4.39. The van der Waals surface area contributed by atoms with E-state index in [1.54, 1.807) is 18.3 Å². The van der Waals surface area contributed by atoms with Gasteiger partial charge in [-0.3, -0.25) is 4.98 Å². The molecular weight excluding hydrogens is 396 g/mol. The summed E-state index contributed by atoms with van der Waals surface area (Å²) in [6, 6.07) is 4.26. The molecule has 0 bridgehead atoms. The predicted molar refractivity (Wildman–Crippen MR) is 98.3 cm³/mol. The summed E-state index contributed by atoms with van der Waals surface area (Å²) in [6.07, 6.45) is -6.98. The third-order valence-electron chi connectivity index (χ3n) is 4.68. The molecule has 9 heteroatoms. The largest absolute Gasteiger partial charge is 0.417 e. The molecule has 0 radical (unpaired) electrons. The highest BCUT2D eigenvalue weighted by Crippen LogP contribution is 2.43. The van der Waals surface area contributed by atoms with E-state index in [1.807, 2.05) is 6.92 Å². The van der Waals surface area contributed by atoms with Crippen molar-refractivity contribution < 1.29 is 26.3 Å². The fraction of sp³-hybridized carbons (Fsp3) is 0.350. The van der Waals surface area contributed by atoms with Crippen molar-refractivity contribution in [2.24, 2.45) is 5.73 Å². The summed E-state index contributed by atoms with van der Waals surface area (Å²) in [5.41, 5.74) is 4.43. The van der Waals surface area contributed by atoms with Gasteiger partial charge >= 0.3 is 12.4 Å². The second kappa shape index (κ2) is 7.70. The minimum absolute atomic E-state index is 0.176. The first kappa shape index (κ1) is 21.2. The maximum absolute atomic E-state index is 13.7. The quantitative estimate of drug-likeness (QED) is 0.405. The molecule has 0 aliphatic rings. The lowest BCUT2D eigenvalue weighted by Crippen LogP contribution is -2.11. The Labute approximate surface area is 162 Å². The number of nitrogens with two attached hydrogens (primary N) is 1. The minimum atomic E-state index is -4.94. The molecule has 3 rings (SSSR count). The number of hydrogen-bond donors (Lipinski definition) is 2. The van der Waals surface area contributed by atoms with Crippen LogP contribution in [0.25, 0.3) is 22.3 Å². The molecule has 0 atom stereocenters. The van der Waals surface area contributed by atoms with E-state index in [1.165, 1.54) is 0 Å². The molecule has 2 heterocycles. The number of aromatic amines is 1. The standard InChI is InChI=1S/C20H19F6N3/c1-11-5-6-15(28-10-11)18-13(4-2-3-7-27)17-14(20(24,25)26)8-12(19(21,22)23)9-16(17)29-18/h5-6,8-10,29H,2-4,7,27H2,1H3. The average molecular weight is 415 g/mol. The second-order valence-electron chi connectivity index (χ2n) is 6.89. The van der Waals surface area contributed by atoms with Crippen molar-refractivity contribution in [3.8, 4) is 11.4 Å². The Morgan fingerprint density at radius 1 is 1.00 bits per heavy atom. The van der Waals surface area contributed by atoms with E-state index in [0.717, 1.165) is 5.56 Å². The Bertz CT molecular complexity index is 1000. The lowest BCUT2D eigenvalue weighted by molar-refractivity contribution is -0.142. The molecule has 29 heavy (non-hydrogen) atoms. The number of halogens is 6. The van der Waals surface area contributed by atoms with Crippen LogP contribution in [0.5, 0.6) is 0 Å². The van der Waals surface area contributed by atoms with Gasteiger partial charge in [-0.1, -0.05) is 6.07 Å². The molecule has 3 aromatic rings. The predicted octanol–water partition coefficient (Wildman–Crippen LogP) is 5.86. The van der Waals surface area contributed by atoms with Crippen LogP contribution in [0.1, 0.15) is 35.1 Å². The first-order chi connectivity index (χ1) is 13.5. The van der Waals surface area contributed by atoms with Crippen LogP contribution in [0.4, 0.5) is 26.3 Å². The molecular formula is C20H19F6N3. The van der Waals surface area contributed by atoms with E-state index < -0.39 is 23.5 Å². The van der Waals surface area contributed by atoms with Gasteiger partial charge in [0.15, 0.2) is 0 Å². The summed E-state index contributed by atoms with van der Waals surface area (Å²) in [5, 5.41) is -0.250. The van der Waals surface area contributed by atoms with E-state index in [0.29, 0.717) is 42.4 Å². The molecule has 0 aliphatic carbocycles. The van der Waals surface area contributed by atoms with Crippen molar-refractivity contribution in [3.63, 3.8) is 0 Å². The third-order valence-corrected chi connectivity index (χ3v) is 4.68. The van der Waals surface area contributed by atoms with E-state index in [-0.39, 0.29) is 23.4 Å². The van der Waals surface area contributed by atoms with Crippen LogP contribution in [0.2, 0.25) is 0 Å². The highest BCUT2D eigenvalue weighted by atomic mass is 19.4. The van der Waals surface area contributed by atoms with Crippen LogP contribution in [-0.4, -0.2) is 16.5 Å². The van der Waals surface area contributed by atoms with E-state index in [9.17, 15) is 26.3 Å². The van der Waals surface area contributed by atoms with E-state index in [2.05, 4.69) is 9.97 Å². The molecule has 0 unspecified atom stereocenters. The number of pyridine rings is 1. The molecule has 0 amide bonds. The van der Waals surface area contributed by atoms with Crippen molar-refractivity contribution in [1.29, 1.82) is 0 Å². The molecule has 2 aromatic heterocycles. The van der Waals surface area contributed by atoms with Crippen LogP contribution in [0.3, 0.4) is 0 Å². The van der Waals surface area contributed by atoms with E-state index >= 15 is 0 Å².